The lowest BCUT2D eigenvalue weighted by Crippen LogP contribution is -2.49. The fraction of sp³-hybridized carbons (Fsp3) is 0.800. The molecule has 0 atom stereocenters. The van der Waals surface area contributed by atoms with Crippen LogP contribution >= 0.6 is 0 Å². The van der Waals surface area contributed by atoms with Crippen LogP contribution in [0.3, 0.4) is 0 Å². The second kappa shape index (κ2) is 5.01. The minimum Gasteiger partial charge on any atom is -0.272 e. The van der Waals surface area contributed by atoms with Crippen molar-refractivity contribution in [3.8, 4) is 0 Å². The molecule has 5 heteroatoms. The largest absolute Gasteiger partial charge is 0.345 e. The third kappa shape index (κ3) is 3.26. The first-order valence-corrected chi connectivity index (χ1v) is 3.27. The molecule has 0 aromatic heterocycles. The van der Waals surface area contributed by atoms with Gasteiger partial charge in [-0.25, -0.2) is 16.1 Å². The first-order chi connectivity index (χ1) is 4.72. The lowest BCUT2D eigenvalue weighted by Gasteiger charge is -2.14. The van der Waals surface area contributed by atoms with Crippen LogP contribution in [-0.2, 0) is 0 Å². The van der Waals surface area contributed by atoms with E-state index in [9.17, 15) is 4.79 Å². The fourth-order valence-corrected chi connectivity index (χ4v) is 0.379. The van der Waals surface area contributed by atoms with E-state index in [0.29, 0.717) is 13.1 Å². The average molecular weight is 146 g/mol. The molecule has 0 rings (SSSR count). The topological polar surface area (TPSA) is 70.4 Å². The van der Waals surface area contributed by atoms with Crippen LogP contribution in [0.15, 0.2) is 0 Å². The van der Waals surface area contributed by atoms with Gasteiger partial charge in [0.2, 0.25) is 0 Å². The molecule has 0 saturated heterocycles. The maximum absolute atomic E-state index is 10.8. The molecule has 0 spiro atoms. The van der Waals surface area contributed by atoms with E-state index in [1.807, 2.05) is 6.92 Å². The van der Waals surface area contributed by atoms with Crippen LogP contribution in [0.25, 0.3) is 0 Å². The minimum atomic E-state index is -0.315. The summed E-state index contributed by atoms with van der Waals surface area (Å²) in [6.07, 6.45) is 0. The monoisotopic (exact) mass is 146 g/mol. The maximum Gasteiger partial charge on any atom is 0.345 e. The third-order valence-electron chi connectivity index (χ3n) is 0.974. The summed E-state index contributed by atoms with van der Waals surface area (Å²) in [4.78, 5) is 10.8. The number of carbonyl (C=O) groups is 1. The predicted octanol–water partition coefficient (Wildman–Crippen LogP) is -0.584. The molecular formula is C5H14N4O. The van der Waals surface area contributed by atoms with Gasteiger partial charge >= 0.3 is 6.03 Å². The molecule has 0 aliphatic heterocycles. The van der Waals surface area contributed by atoms with Gasteiger partial charge in [-0.1, -0.05) is 6.92 Å². The highest BCUT2D eigenvalue weighted by Crippen LogP contribution is 1.74. The number of hydrogen-bond acceptors (Lipinski definition) is 3. The van der Waals surface area contributed by atoms with Crippen molar-refractivity contribution in [2.45, 2.75) is 13.8 Å². The molecule has 5 nitrogen and oxygen atoms in total. The highest BCUT2D eigenvalue weighted by atomic mass is 16.2. The molecule has 10 heavy (non-hydrogen) atoms. The summed E-state index contributed by atoms with van der Waals surface area (Å²) in [5, 5.41) is 1.09. The molecule has 2 amide bonds. The number of carbonyl (C=O) groups excluding carboxylic acids is 1. The smallest absolute Gasteiger partial charge is 0.272 e. The average Bonchev–Trinajstić information content (AvgIpc) is 1.98. The summed E-state index contributed by atoms with van der Waals surface area (Å²) >= 11 is 0. The van der Waals surface area contributed by atoms with Crippen molar-refractivity contribution < 1.29 is 4.79 Å². The van der Waals surface area contributed by atoms with Crippen LogP contribution in [0.2, 0.25) is 0 Å². The Bertz CT molecular complexity index is 106. The van der Waals surface area contributed by atoms with Gasteiger partial charge in [0.05, 0.1) is 0 Å². The van der Waals surface area contributed by atoms with Gasteiger partial charge in [0.25, 0.3) is 0 Å². The van der Waals surface area contributed by atoms with Crippen molar-refractivity contribution in [1.29, 1.82) is 0 Å². The number of nitrogens with two attached hydrogens (primary N) is 1. The highest BCUT2D eigenvalue weighted by Gasteiger charge is 2.02. The Morgan fingerprint density at radius 3 is 2.60 bits per heavy atom. The van der Waals surface area contributed by atoms with Gasteiger partial charge in [0, 0.05) is 13.1 Å². The molecule has 0 saturated carbocycles. The molecule has 0 aliphatic carbocycles. The maximum atomic E-state index is 10.8. The Morgan fingerprint density at radius 1 is 1.60 bits per heavy atom. The van der Waals surface area contributed by atoms with Crippen molar-refractivity contribution in [2.75, 3.05) is 13.1 Å². The Morgan fingerprint density at radius 2 is 2.20 bits per heavy atom. The molecule has 0 heterocycles. The molecule has 0 aromatic rings. The molecule has 4 N–H and O–H groups in total. The van der Waals surface area contributed by atoms with Crippen LogP contribution in [0, 0.1) is 0 Å². The summed E-state index contributed by atoms with van der Waals surface area (Å²) in [6.45, 7) is 4.86. The van der Waals surface area contributed by atoms with Gasteiger partial charge in [-0.05, 0) is 6.92 Å². The molecule has 0 unspecified atom stereocenters. The number of urea groups is 1. The van der Waals surface area contributed by atoms with Gasteiger partial charge in [0.1, 0.15) is 0 Å². The van der Waals surface area contributed by atoms with Crippen LogP contribution in [0.5, 0.6) is 0 Å². The van der Waals surface area contributed by atoms with Crippen LogP contribution in [-0.4, -0.2) is 24.1 Å². The Hall–Kier alpha value is -0.810. The number of hydrogen-bond donors (Lipinski definition) is 3. The number of amides is 2. The zero-order valence-corrected chi connectivity index (χ0v) is 6.35. The predicted molar refractivity (Wildman–Crippen MR) is 38.8 cm³/mol. The molecule has 60 valence electrons. The summed E-state index contributed by atoms with van der Waals surface area (Å²) in [5.74, 6) is 5.24. The van der Waals surface area contributed by atoms with Crippen molar-refractivity contribution in [2.24, 2.45) is 5.84 Å². The third-order valence-corrected chi connectivity index (χ3v) is 0.974. The molecule has 0 fully saturated rings. The standard InChI is InChI=1S/C5H14N4O/c1-3-7-8-5(10)9(6)4-2/h7H,3-4,6H2,1-2H3,(H,8,10). The lowest BCUT2D eigenvalue weighted by atomic mass is 10.7. The van der Waals surface area contributed by atoms with E-state index in [2.05, 4.69) is 10.9 Å². The summed E-state index contributed by atoms with van der Waals surface area (Å²) in [7, 11) is 0. The van der Waals surface area contributed by atoms with Crippen LogP contribution < -0.4 is 16.7 Å². The van der Waals surface area contributed by atoms with Crippen molar-refractivity contribution in [3.05, 3.63) is 0 Å². The zero-order valence-electron chi connectivity index (χ0n) is 6.35. The van der Waals surface area contributed by atoms with Crippen molar-refractivity contribution >= 4 is 6.03 Å². The first kappa shape index (κ1) is 9.19. The van der Waals surface area contributed by atoms with Crippen LogP contribution in [0.4, 0.5) is 4.79 Å². The molecule has 0 aliphatic rings. The second-order valence-electron chi connectivity index (χ2n) is 1.75. The van der Waals surface area contributed by atoms with Gasteiger partial charge in [-0.2, -0.15) is 0 Å². The highest BCUT2D eigenvalue weighted by molar-refractivity contribution is 5.72. The van der Waals surface area contributed by atoms with E-state index in [-0.39, 0.29) is 6.03 Å². The van der Waals surface area contributed by atoms with Gasteiger partial charge < -0.3 is 0 Å². The molecular weight excluding hydrogens is 132 g/mol. The SMILES string of the molecule is CCNNC(=O)N(N)CC. The molecule has 0 radical (unpaired) electrons. The molecule has 0 aromatic carbocycles. The summed E-state index contributed by atoms with van der Waals surface area (Å²) < 4.78 is 0. The van der Waals surface area contributed by atoms with Crippen molar-refractivity contribution in [1.82, 2.24) is 15.9 Å². The van der Waals surface area contributed by atoms with E-state index >= 15 is 0 Å². The number of rotatable bonds is 3. The number of nitrogens with one attached hydrogen (secondary N) is 2. The Labute approximate surface area is 60.5 Å². The quantitative estimate of drug-likeness (QED) is 0.283. The second-order valence-corrected chi connectivity index (χ2v) is 1.75. The fourth-order valence-electron chi connectivity index (χ4n) is 0.379. The Balaban J connectivity index is 3.42. The van der Waals surface area contributed by atoms with E-state index in [1.165, 1.54) is 0 Å². The summed E-state index contributed by atoms with van der Waals surface area (Å²) in [5.41, 5.74) is 5.04. The van der Waals surface area contributed by atoms with E-state index < -0.39 is 0 Å². The zero-order chi connectivity index (χ0) is 7.98. The van der Waals surface area contributed by atoms with E-state index in [1.54, 1.807) is 6.92 Å². The van der Waals surface area contributed by atoms with Crippen molar-refractivity contribution in [3.63, 3.8) is 0 Å². The lowest BCUT2D eigenvalue weighted by molar-refractivity contribution is 0.197. The molecule has 0 bridgehead atoms. The van der Waals surface area contributed by atoms with E-state index in [0.717, 1.165) is 5.01 Å². The van der Waals surface area contributed by atoms with Gasteiger partial charge in [-0.3, -0.25) is 10.4 Å². The minimum absolute atomic E-state index is 0.315. The Kier molecular flexibility index (Phi) is 4.61. The normalized spacial score (nSPS) is 9.10. The van der Waals surface area contributed by atoms with Gasteiger partial charge in [-0.15, -0.1) is 0 Å². The van der Waals surface area contributed by atoms with Gasteiger partial charge in [0.15, 0.2) is 0 Å². The van der Waals surface area contributed by atoms with Crippen LogP contribution in [0.1, 0.15) is 13.8 Å². The van der Waals surface area contributed by atoms with E-state index in [4.69, 9.17) is 5.84 Å². The first-order valence-electron chi connectivity index (χ1n) is 3.27. The number of hydrazine groups is 2. The summed E-state index contributed by atoms with van der Waals surface area (Å²) in [6, 6.07) is -0.315. The number of nitrogens with zero attached hydrogens (tertiary/aromatic N) is 1.